The lowest BCUT2D eigenvalue weighted by Crippen LogP contribution is -2.03. The zero-order valence-electron chi connectivity index (χ0n) is 13.0. The fourth-order valence-corrected chi connectivity index (χ4v) is 3.88. The van der Waals surface area contributed by atoms with Gasteiger partial charge in [-0.15, -0.1) is 0 Å². The Morgan fingerprint density at radius 3 is 1.81 bits per heavy atom. The molecule has 0 atom stereocenters. The summed E-state index contributed by atoms with van der Waals surface area (Å²) in [6.07, 6.45) is 0. The third-order valence-electron chi connectivity index (χ3n) is 3.65. The molecule has 0 aliphatic heterocycles. The van der Waals surface area contributed by atoms with Crippen molar-refractivity contribution >= 4 is 75.6 Å². The summed E-state index contributed by atoms with van der Waals surface area (Å²) in [6.45, 7) is 0. The lowest BCUT2D eigenvalue weighted by Gasteiger charge is -2.15. The number of carboxylic acid groups (broad SMARTS) is 1. The molecule has 0 aliphatic carbocycles. The maximum absolute atomic E-state index is 11.4. The fraction of sp³-hybridized carbons (Fsp3) is 0. The molecule has 0 spiro atoms. The smallest absolute Gasteiger partial charge is 0.354 e. The molecule has 1 aromatic heterocycles. The number of hydrogen-bond donors (Lipinski definition) is 1. The van der Waals surface area contributed by atoms with Crippen molar-refractivity contribution in [2.75, 3.05) is 0 Å². The Balaban J connectivity index is 2.40. The highest BCUT2D eigenvalue weighted by Crippen LogP contribution is 2.43. The van der Waals surface area contributed by atoms with Crippen LogP contribution in [0.5, 0.6) is 0 Å². The molecule has 0 radical (unpaired) electrons. The second kappa shape index (κ2) is 8.04. The van der Waals surface area contributed by atoms with Gasteiger partial charge in [0.1, 0.15) is 5.69 Å². The topological polar surface area (TPSA) is 50.2 Å². The van der Waals surface area contributed by atoms with Gasteiger partial charge in [0.05, 0.1) is 25.8 Å². The van der Waals surface area contributed by atoms with Gasteiger partial charge in [0, 0.05) is 26.7 Å². The summed E-state index contributed by atoms with van der Waals surface area (Å²) in [4.78, 5) is 15.6. The maximum atomic E-state index is 11.4. The zero-order valence-corrected chi connectivity index (χ0v) is 17.6. The summed E-state index contributed by atoms with van der Waals surface area (Å²) in [5.74, 6) is -1.21. The van der Waals surface area contributed by atoms with E-state index in [0.717, 1.165) is 0 Å². The highest BCUT2D eigenvalue weighted by Gasteiger charge is 2.20. The predicted octanol–water partition coefficient (Wildman–Crippen LogP) is 8.03. The van der Waals surface area contributed by atoms with E-state index in [2.05, 4.69) is 4.98 Å². The van der Waals surface area contributed by atoms with Gasteiger partial charge in [0.25, 0.3) is 0 Å². The number of aromatic carboxylic acids is 1. The van der Waals surface area contributed by atoms with E-state index in [0.29, 0.717) is 26.7 Å². The van der Waals surface area contributed by atoms with E-state index in [1.165, 1.54) is 24.3 Å². The van der Waals surface area contributed by atoms with Crippen molar-refractivity contribution in [2.45, 2.75) is 0 Å². The number of rotatable bonds is 3. The Bertz CT molecular complexity index is 1080. The van der Waals surface area contributed by atoms with Crippen molar-refractivity contribution in [1.29, 1.82) is 0 Å². The van der Waals surface area contributed by atoms with Crippen molar-refractivity contribution in [2.24, 2.45) is 0 Å². The van der Waals surface area contributed by atoms with Crippen molar-refractivity contribution in [3.05, 3.63) is 72.2 Å². The minimum atomic E-state index is -1.21. The van der Waals surface area contributed by atoms with E-state index >= 15 is 0 Å². The van der Waals surface area contributed by atoms with Gasteiger partial charge in [-0.1, -0.05) is 69.6 Å². The summed E-state index contributed by atoms with van der Waals surface area (Å²) in [7, 11) is 0. The number of hydrogen-bond acceptors (Lipinski definition) is 2. The molecule has 9 heteroatoms. The molecular formula is C18H7Cl6NO2. The molecule has 0 bridgehead atoms. The Morgan fingerprint density at radius 2 is 1.26 bits per heavy atom. The van der Waals surface area contributed by atoms with Crippen LogP contribution in [-0.4, -0.2) is 16.1 Å². The number of halogens is 6. The van der Waals surface area contributed by atoms with Gasteiger partial charge in [0.15, 0.2) is 0 Å². The maximum Gasteiger partial charge on any atom is 0.354 e. The quantitative estimate of drug-likeness (QED) is 0.385. The van der Waals surface area contributed by atoms with Gasteiger partial charge in [-0.3, -0.25) is 0 Å². The Morgan fingerprint density at radius 1 is 0.741 bits per heavy atom. The second-order valence-corrected chi connectivity index (χ2v) is 7.84. The van der Waals surface area contributed by atoms with E-state index in [1.54, 1.807) is 12.1 Å². The van der Waals surface area contributed by atoms with Crippen LogP contribution in [-0.2, 0) is 0 Å². The first-order chi connectivity index (χ1) is 12.7. The molecule has 27 heavy (non-hydrogen) atoms. The molecule has 3 aromatic rings. The van der Waals surface area contributed by atoms with Gasteiger partial charge in [-0.05, 0) is 36.4 Å². The van der Waals surface area contributed by atoms with Gasteiger partial charge >= 0.3 is 5.97 Å². The molecule has 0 saturated heterocycles. The van der Waals surface area contributed by atoms with Crippen molar-refractivity contribution in [3.8, 4) is 22.4 Å². The SMILES string of the molecule is O=C(O)c1ccc(-c2cc(Cl)cc(Cl)c2Cl)c(-c2cc(Cl)cc(Cl)c2Cl)n1. The van der Waals surface area contributed by atoms with E-state index in [-0.39, 0.29) is 31.5 Å². The summed E-state index contributed by atoms with van der Waals surface area (Å²) in [5, 5.41) is 10.8. The Hall–Kier alpha value is -1.20. The first-order valence-corrected chi connectivity index (χ1v) is 9.50. The van der Waals surface area contributed by atoms with Crippen LogP contribution in [0.1, 0.15) is 10.5 Å². The molecule has 0 saturated carbocycles. The van der Waals surface area contributed by atoms with Crippen molar-refractivity contribution in [3.63, 3.8) is 0 Å². The van der Waals surface area contributed by atoms with Crippen LogP contribution in [0.3, 0.4) is 0 Å². The first-order valence-electron chi connectivity index (χ1n) is 7.23. The third-order valence-corrected chi connectivity index (χ3v) is 5.69. The zero-order chi connectivity index (χ0) is 19.9. The largest absolute Gasteiger partial charge is 0.477 e. The molecule has 0 unspecified atom stereocenters. The van der Waals surface area contributed by atoms with Crippen LogP contribution >= 0.6 is 69.6 Å². The third kappa shape index (κ3) is 4.14. The van der Waals surface area contributed by atoms with E-state index < -0.39 is 5.97 Å². The summed E-state index contributed by atoms with van der Waals surface area (Å²) >= 11 is 37.1. The number of carboxylic acids is 1. The molecule has 138 valence electrons. The highest BCUT2D eigenvalue weighted by molar-refractivity contribution is 6.46. The second-order valence-electron chi connectivity index (χ2n) is 5.40. The van der Waals surface area contributed by atoms with E-state index in [9.17, 15) is 9.90 Å². The predicted molar refractivity (Wildman–Crippen MR) is 112 cm³/mol. The van der Waals surface area contributed by atoms with Gasteiger partial charge in [-0.2, -0.15) is 0 Å². The van der Waals surface area contributed by atoms with Crippen molar-refractivity contribution < 1.29 is 9.90 Å². The van der Waals surface area contributed by atoms with Crippen LogP contribution in [0.25, 0.3) is 22.4 Å². The lowest BCUT2D eigenvalue weighted by molar-refractivity contribution is 0.0690. The summed E-state index contributed by atoms with van der Waals surface area (Å²) in [6, 6.07) is 8.98. The number of benzene rings is 2. The monoisotopic (exact) mass is 479 g/mol. The molecule has 0 aliphatic rings. The molecule has 0 fully saturated rings. The highest BCUT2D eigenvalue weighted by atomic mass is 35.5. The summed E-state index contributed by atoms with van der Waals surface area (Å²) < 4.78 is 0. The number of carbonyl (C=O) groups is 1. The fourth-order valence-electron chi connectivity index (χ4n) is 2.48. The van der Waals surface area contributed by atoms with Gasteiger partial charge < -0.3 is 5.11 Å². The molecular weight excluding hydrogens is 475 g/mol. The van der Waals surface area contributed by atoms with Crippen LogP contribution < -0.4 is 0 Å². The minimum Gasteiger partial charge on any atom is -0.477 e. The van der Waals surface area contributed by atoms with Gasteiger partial charge in [0.2, 0.25) is 0 Å². The molecule has 1 N–H and O–H groups in total. The molecule has 1 heterocycles. The van der Waals surface area contributed by atoms with Crippen LogP contribution in [0.4, 0.5) is 0 Å². The first kappa shape index (κ1) is 20.5. The Kier molecular flexibility index (Phi) is 6.11. The Labute approximate surface area is 184 Å². The van der Waals surface area contributed by atoms with E-state index in [4.69, 9.17) is 69.6 Å². The number of nitrogens with zero attached hydrogens (tertiary/aromatic N) is 1. The molecule has 2 aromatic carbocycles. The molecule has 0 amide bonds. The molecule has 3 nitrogen and oxygen atoms in total. The normalized spacial score (nSPS) is 10.9. The number of pyridine rings is 1. The van der Waals surface area contributed by atoms with Crippen LogP contribution in [0, 0.1) is 0 Å². The average Bonchev–Trinajstić information content (AvgIpc) is 2.60. The van der Waals surface area contributed by atoms with Gasteiger partial charge in [-0.25, -0.2) is 9.78 Å². The van der Waals surface area contributed by atoms with Crippen LogP contribution in [0.15, 0.2) is 36.4 Å². The van der Waals surface area contributed by atoms with E-state index in [1.807, 2.05) is 0 Å². The van der Waals surface area contributed by atoms with Crippen LogP contribution in [0.2, 0.25) is 30.1 Å². The number of aromatic nitrogens is 1. The average molecular weight is 482 g/mol. The molecule has 3 rings (SSSR count). The minimum absolute atomic E-state index is 0.168. The summed E-state index contributed by atoms with van der Waals surface area (Å²) in [5.41, 5.74) is 1.31. The lowest BCUT2D eigenvalue weighted by atomic mass is 9.98. The van der Waals surface area contributed by atoms with Crippen molar-refractivity contribution in [1.82, 2.24) is 4.98 Å². The standard InChI is InChI=1S/C18H7Cl6NO2/c19-7-3-10(15(23)12(21)5-7)9-1-2-14(18(26)27)25-17(9)11-4-8(20)6-13(22)16(11)24/h1-6H,(H,26,27).